The van der Waals surface area contributed by atoms with Crippen molar-refractivity contribution in [2.75, 3.05) is 13.1 Å². The minimum atomic E-state index is -0.148. The minimum Gasteiger partial charge on any atom is -0.506 e. The maximum Gasteiger partial charge on any atom is 0.194 e. The van der Waals surface area contributed by atoms with Crippen LogP contribution in [0.5, 0.6) is 5.75 Å². The lowest BCUT2D eigenvalue weighted by atomic mass is 9.86. The Hall–Kier alpha value is -2.61. The third kappa shape index (κ3) is 6.05. The van der Waals surface area contributed by atoms with Gasteiger partial charge in [-0.05, 0) is 48.6 Å². The van der Waals surface area contributed by atoms with Gasteiger partial charge in [-0.1, -0.05) is 45.0 Å². The summed E-state index contributed by atoms with van der Waals surface area (Å²) in [5, 5.41) is 12.7. The first-order valence-corrected chi connectivity index (χ1v) is 12.6. The van der Waals surface area contributed by atoms with Crippen LogP contribution >= 0.6 is 22.7 Å². The quantitative estimate of drug-likeness (QED) is 0.285. The van der Waals surface area contributed by atoms with E-state index < -0.39 is 0 Å². The van der Waals surface area contributed by atoms with Gasteiger partial charge >= 0.3 is 0 Å². The van der Waals surface area contributed by atoms with E-state index in [0.29, 0.717) is 40.4 Å². The lowest BCUT2D eigenvalue weighted by molar-refractivity contribution is 0.0983. The van der Waals surface area contributed by atoms with Gasteiger partial charge < -0.3 is 10.8 Å². The van der Waals surface area contributed by atoms with Crippen LogP contribution in [0.4, 0.5) is 0 Å². The Kier molecular flexibility index (Phi) is 8.00. The molecule has 3 N–H and O–H groups in total. The lowest BCUT2D eigenvalue weighted by Gasteiger charge is -2.19. The van der Waals surface area contributed by atoms with Crippen molar-refractivity contribution >= 4 is 40.0 Å². The molecule has 0 spiro atoms. The fourth-order valence-corrected chi connectivity index (χ4v) is 5.23. The molecule has 0 aliphatic rings. The van der Waals surface area contributed by atoms with Crippen molar-refractivity contribution in [3.63, 3.8) is 0 Å². The zero-order valence-electron chi connectivity index (χ0n) is 19.5. The molecule has 0 radical (unpaired) electrons. The first kappa shape index (κ1) is 25.0. The monoisotopic (exact) mass is 482 g/mol. The Morgan fingerprint density at radius 3 is 2.27 bits per heavy atom. The SMILES string of the molecule is CC(=NCC(=O)c1ccc(C(=O)CCCN)s1)c1csc(-c2ccc(C(C)(C)C)cc2)c1O. The number of benzene rings is 1. The van der Waals surface area contributed by atoms with E-state index in [0.717, 1.165) is 10.4 Å². The van der Waals surface area contributed by atoms with Gasteiger partial charge in [-0.3, -0.25) is 14.6 Å². The Labute approximate surface area is 203 Å². The lowest BCUT2D eigenvalue weighted by Crippen LogP contribution is -2.10. The molecule has 2 heterocycles. The molecule has 0 amide bonds. The van der Waals surface area contributed by atoms with E-state index in [1.165, 1.54) is 28.2 Å². The fourth-order valence-electron chi connectivity index (χ4n) is 3.31. The molecule has 2 aromatic heterocycles. The van der Waals surface area contributed by atoms with Gasteiger partial charge in [-0.15, -0.1) is 22.7 Å². The first-order chi connectivity index (χ1) is 15.6. The number of carbonyl (C=O) groups is 2. The van der Waals surface area contributed by atoms with E-state index in [4.69, 9.17) is 5.73 Å². The number of nitrogens with two attached hydrogens (primary N) is 1. The summed E-state index contributed by atoms with van der Waals surface area (Å²) >= 11 is 2.65. The van der Waals surface area contributed by atoms with Gasteiger partial charge in [0.2, 0.25) is 0 Å². The van der Waals surface area contributed by atoms with Crippen LogP contribution in [0, 0.1) is 0 Å². The van der Waals surface area contributed by atoms with E-state index in [1.54, 1.807) is 19.1 Å². The van der Waals surface area contributed by atoms with Crippen LogP contribution in [0.15, 0.2) is 46.8 Å². The number of ketones is 2. The van der Waals surface area contributed by atoms with Crippen molar-refractivity contribution in [1.82, 2.24) is 0 Å². The molecule has 0 aliphatic carbocycles. The van der Waals surface area contributed by atoms with E-state index >= 15 is 0 Å². The van der Waals surface area contributed by atoms with E-state index in [1.807, 2.05) is 17.5 Å². The maximum atomic E-state index is 12.6. The van der Waals surface area contributed by atoms with Crippen LogP contribution in [-0.2, 0) is 5.41 Å². The van der Waals surface area contributed by atoms with E-state index in [9.17, 15) is 14.7 Å². The molecule has 1 aromatic carbocycles. The smallest absolute Gasteiger partial charge is 0.194 e. The summed E-state index contributed by atoms with van der Waals surface area (Å²) in [7, 11) is 0. The van der Waals surface area contributed by atoms with Crippen LogP contribution in [0.1, 0.15) is 71.0 Å². The van der Waals surface area contributed by atoms with E-state index in [2.05, 4.69) is 37.9 Å². The second-order valence-corrected chi connectivity index (χ2v) is 10.9. The number of aliphatic imine (C=N–C) groups is 1. The topological polar surface area (TPSA) is 92.8 Å². The summed E-state index contributed by atoms with van der Waals surface area (Å²) in [4.78, 5) is 30.9. The summed E-state index contributed by atoms with van der Waals surface area (Å²) in [6.45, 7) is 8.73. The number of hydrogen-bond acceptors (Lipinski definition) is 7. The Morgan fingerprint density at radius 1 is 1.03 bits per heavy atom. The molecule has 5 nitrogen and oxygen atoms in total. The molecule has 0 unspecified atom stereocenters. The molecule has 0 bridgehead atoms. The molecular formula is C26H30N2O3S2. The zero-order valence-corrected chi connectivity index (χ0v) is 21.1. The highest BCUT2D eigenvalue weighted by molar-refractivity contribution is 7.16. The van der Waals surface area contributed by atoms with Crippen molar-refractivity contribution in [1.29, 1.82) is 0 Å². The predicted octanol–water partition coefficient (Wildman–Crippen LogP) is 6.09. The number of carbonyl (C=O) groups excluding carboxylic acids is 2. The second kappa shape index (κ2) is 10.5. The summed E-state index contributed by atoms with van der Waals surface area (Å²) in [5.41, 5.74) is 8.94. The van der Waals surface area contributed by atoms with Crippen LogP contribution < -0.4 is 5.73 Å². The third-order valence-electron chi connectivity index (χ3n) is 5.39. The van der Waals surface area contributed by atoms with Gasteiger partial charge in [0.1, 0.15) is 12.3 Å². The van der Waals surface area contributed by atoms with Crippen molar-refractivity contribution < 1.29 is 14.7 Å². The summed E-state index contributed by atoms with van der Waals surface area (Å²) in [6.07, 6.45) is 1.02. The van der Waals surface area contributed by atoms with Crippen LogP contribution in [0.2, 0.25) is 0 Å². The molecule has 0 fully saturated rings. The zero-order chi connectivity index (χ0) is 24.2. The Balaban J connectivity index is 1.70. The average molecular weight is 483 g/mol. The first-order valence-electron chi connectivity index (χ1n) is 10.9. The number of hydrogen-bond donors (Lipinski definition) is 2. The molecule has 0 aliphatic heterocycles. The highest BCUT2D eigenvalue weighted by Gasteiger charge is 2.18. The molecule has 33 heavy (non-hydrogen) atoms. The molecular weight excluding hydrogens is 452 g/mol. The number of thiophene rings is 2. The number of Topliss-reactive ketones (excluding diaryl/α,β-unsaturated/α-hetero) is 2. The Bertz CT molecular complexity index is 1170. The second-order valence-electron chi connectivity index (χ2n) is 8.96. The Morgan fingerprint density at radius 2 is 1.67 bits per heavy atom. The molecule has 0 saturated heterocycles. The molecule has 0 saturated carbocycles. The van der Waals surface area contributed by atoms with Crippen molar-refractivity contribution in [3.05, 3.63) is 62.7 Å². The number of aromatic hydroxyl groups is 1. The fraction of sp³-hybridized carbons (Fsp3) is 0.346. The van der Waals surface area contributed by atoms with Crippen LogP contribution in [-0.4, -0.2) is 35.5 Å². The molecule has 3 aromatic rings. The van der Waals surface area contributed by atoms with Crippen molar-refractivity contribution in [2.45, 2.75) is 46.0 Å². The van der Waals surface area contributed by atoms with Gasteiger partial charge in [0.05, 0.1) is 14.6 Å². The average Bonchev–Trinajstić information content (AvgIpc) is 3.42. The summed E-state index contributed by atoms with van der Waals surface area (Å²) in [5.74, 6) is 0.0431. The third-order valence-corrected chi connectivity index (χ3v) is 7.58. The van der Waals surface area contributed by atoms with Gasteiger partial charge in [0, 0.05) is 23.1 Å². The molecule has 0 atom stereocenters. The summed E-state index contributed by atoms with van der Waals surface area (Å²) in [6, 6.07) is 11.6. The van der Waals surface area contributed by atoms with Crippen LogP contribution in [0.3, 0.4) is 0 Å². The van der Waals surface area contributed by atoms with Gasteiger partial charge in [0.15, 0.2) is 11.6 Å². The summed E-state index contributed by atoms with van der Waals surface area (Å²) < 4.78 is 0. The molecule has 3 rings (SSSR count). The molecule has 174 valence electrons. The maximum absolute atomic E-state index is 12.6. The highest BCUT2D eigenvalue weighted by Crippen LogP contribution is 2.39. The molecule has 7 heteroatoms. The predicted molar refractivity (Wildman–Crippen MR) is 138 cm³/mol. The number of rotatable bonds is 9. The van der Waals surface area contributed by atoms with Crippen molar-refractivity contribution in [2.24, 2.45) is 10.7 Å². The largest absolute Gasteiger partial charge is 0.506 e. The van der Waals surface area contributed by atoms with Gasteiger partial charge in [0.25, 0.3) is 0 Å². The number of nitrogens with zero attached hydrogens (tertiary/aromatic N) is 1. The highest BCUT2D eigenvalue weighted by atomic mass is 32.1. The van der Waals surface area contributed by atoms with Crippen LogP contribution in [0.25, 0.3) is 10.4 Å². The van der Waals surface area contributed by atoms with Crippen molar-refractivity contribution in [3.8, 4) is 16.2 Å². The minimum absolute atomic E-state index is 0.00967. The normalized spacial score (nSPS) is 12.2. The van der Waals surface area contributed by atoms with Gasteiger partial charge in [-0.25, -0.2) is 0 Å². The van der Waals surface area contributed by atoms with Gasteiger partial charge in [-0.2, -0.15) is 0 Å². The standard InChI is InChI=1S/C26H30N2O3S2/c1-16(28-14-21(30)23-12-11-22(33-23)20(29)6-5-13-27)19-15-32-25(24(19)31)17-7-9-18(10-8-17)26(2,3)4/h7-12,15,31H,5-6,13-14,27H2,1-4H3. The van der Waals surface area contributed by atoms with E-state index in [-0.39, 0.29) is 29.3 Å².